The van der Waals surface area contributed by atoms with Gasteiger partial charge in [-0.3, -0.25) is 0 Å². The average molecular weight is 1100 g/mol. The number of nitrogens with zero attached hydrogens (tertiary/aromatic N) is 2. The van der Waals surface area contributed by atoms with Gasteiger partial charge in [-0.25, -0.2) is 70.2 Å². The number of rotatable bonds is 11. The normalized spacial score (nSPS) is 18.5. The van der Waals surface area contributed by atoms with E-state index in [-0.39, 0.29) is 22.3 Å². The van der Waals surface area contributed by atoms with E-state index in [4.69, 9.17) is 6.42 Å². The Morgan fingerprint density at radius 3 is 1.14 bits per heavy atom. The van der Waals surface area contributed by atoms with Crippen molar-refractivity contribution in [2.75, 3.05) is 9.80 Å². The van der Waals surface area contributed by atoms with Gasteiger partial charge in [-0.05, 0) is 65.6 Å². The lowest BCUT2D eigenvalue weighted by Crippen LogP contribution is -2.46. The molecule has 0 spiro atoms. The van der Waals surface area contributed by atoms with Gasteiger partial charge in [0, 0.05) is 65.9 Å². The first-order valence-corrected chi connectivity index (χ1v) is 23.8. The van der Waals surface area contributed by atoms with Crippen molar-refractivity contribution in [1.82, 2.24) is 0 Å². The predicted molar refractivity (Wildman–Crippen MR) is 267 cm³/mol. The molecule has 6 aromatic carbocycles. The summed E-state index contributed by atoms with van der Waals surface area (Å²) in [6, 6.07) is 19.4. The van der Waals surface area contributed by atoms with Crippen molar-refractivity contribution in [3.8, 4) is 23.5 Å². The zero-order chi connectivity index (χ0) is 56.6. The Morgan fingerprint density at radius 2 is 0.810 bits per heavy atom. The van der Waals surface area contributed by atoms with E-state index in [1.807, 2.05) is 5.92 Å². The van der Waals surface area contributed by atoms with Crippen molar-refractivity contribution in [3.63, 3.8) is 0 Å². The van der Waals surface area contributed by atoms with Gasteiger partial charge in [0.05, 0.1) is 33.9 Å². The molecule has 0 amide bonds. The number of allylic oxidation sites excluding steroid dienone is 16. The highest BCUT2D eigenvalue weighted by Crippen LogP contribution is 2.64. The van der Waals surface area contributed by atoms with Crippen LogP contribution in [-0.2, 0) is 10.8 Å². The summed E-state index contributed by atoms with van der Waals surface area (Å²) in [7, 11) is 0. The third-order valence-electron chi connectivity index (χ3n) is 14.5. The van der Waals surface area contributed by atoms with Crippen LogP contribution >= 0.6 is 0 Å². The largest absolute Gasteiger partial charge is 0.304 e. The number of para-hydroxylation sites is 4. The van der Waals surface area contributed by atoms with Gasteiger partial charge in [0.25, 0.3) is 0 Å². The second-order valence-corrected chi connectivity index (χ2v) is 18.7. The van der Waals surface area contributed by atoms with Crippen LogP contribution in [0.15, 0.2) is 192 Å². The van der Waals surface area contributed by atoms with Crippen LogP contribution < -0.4 is 9.80 Å². The summed E-state index contributed by atoms with van der Waals surface area (Å²) >= 11 is 0. The first kappa shape index (κ1) is 53.7. The number of anilines is 6. The molecule has 0 radical (unpaired) electrons. The van der Waals surface area contributed by atoms with Gasteiger partial charge in [-0.1, -0.05) is 84.8 Å². The molecule has 2 aliphatic carbocycles. The van der Waals surface area contributed by atoms with Gasteiger partial charge in [0.15, 0.2) is 46.5 Å². The summed E-state index contributed by atoms with van der Waals surface area (Å²) in [5, 5.41) is 0. The Labute approximate surface area is 439 Å². The summed E-state index contributed by atoms with van der Waals surface area (Å²) in [5.74, 6) is -31.3. The van der Waals surface area contributed by atoms with Crippen LogP contribution in [0.1, 0.15) is 42.0 Å². The van der Waals surface area contributed by atoms with Crippen LogP contribution in [0.4, 0.5) is 104 Å². The molecule has 18 heteroatoms. The van der Waals surface area contributed by atoms with Gasteiger partial charge in [-0.2, -0.15) is 0 Å². The maximum atomic E-state index is 17.2. The molecule has 2 heterocycles. The van der Waals surface area contributed by atoms with Crippen molar-refractivity contribution >= 4 is 34.1 Å². The Hall–Kier alpha value is -8.72. The molecule has 2 atom stereocenters. The maximum absolute atomic E-state index is 17.2. The molecule has 2 unspecified atom stereocenters. The second-order valence-electron chi connectivity index (χ2n) is 18.7. The Bertz CT molecular complexity index is 3690. The van der Waals surface area contributed by atoms with Crippen molar-refractivity contribution < 1.29 is 70.2 Å². The molecule has 0 fully saturated rings. The number of fused-ring (bicyclic) bond motifs is 4. The van der Waals surface area contributed by atoms with Crippen molar-refractivity contribution in [2.24, 2.45) is 11.8 Å². The third-order valence-corrected chi connectivity index (χ3v) is 14.5. The Kier molecular flexibility index (Phi) is 13.8. The molecule has 4 aliphatic rings. The van der Waals surface area contributed by atoms with Gasteiger partial charge in [0.2, 0.25) is 0 Å². The number of benzene rings is 6. The summed E-state index contributed by atoms with van der Waals surface area (Å²) < 4.78 is 260. The monoisotopic (exact) mass is 1100 g/mol. The van der Waals surface area contributed by atoms with E-state index in [0.29, 0.717) is 40.2 Å². The molecule has 6 aromatic rings. The van der Waals surface area contributed by atoms with Crippen LogP contribution in [0.2, 0.25) is 0 Å². The smallest absolute Gasteiger partial charge is 0.186 e. The summed E-state index contributed by atoms with van der Waals surface area (Å²) in [5.41, 5.74) is -15.1. The van der Waals surface area contributed by atoms with Crippen LogP contribution in [0.5, 0.6) is 0 Å². The number of halogens is 16. The quantitative estimate of drug-likeness (QED) is 0.0552. The minimum absolute atomic E-state index is 0.247. The zero-order valence-corrected chi connectivity index (χ0v) is 40.4. The number of hydrogen-bond donors (Lipinski definition) is 0. The highest BCUT2D eigenvalue weighted by atomic mass is 19.2. The fraction of sp³-hybridized carbons (Fsp3) is 0.115. The molecule has 0 saturated heterocycles. The fourth-order valence-electron chi connectivity index (χ4n) is 11.5. The van der Waals surface area contributed by atoms with Gasteiger partial charge >= 0.3 is 0 Å². The van der Waals surface area contributed by atoms with E-state index < -0.39 is 174 Å². The molecule has 2 aliphatic heterocycles. The molecule has 79 heavy (non-hydrogen) atoms. The first-order chi connectivity index (χ1) is 37.7. The SMILES string of the molecule is C#C/C=C(F)\C=C(\F)CC1(C/C(F)=C\C(F)=C/C)c2ccccc2N(c2c(F)c(F)c(-c3c(F)c(F)c(N4c5ccccc5C(C5C=C(F)C=C5F)(C5C=C(F)C=C5F)c5ccccc54)c(F)c3F)c(F)c2F)c2ccccc21. The minimum Gasteiger partial charge on any atom is -0.304 e. The summed E-state index contributed by atoms with van der Waals surface area (Å²) in [6.45, 7) is 1.24. The zero-order valence-electron chi connectivity index (χ0n) is 40.4. The highest BCUT2D eigenvalue weighted by molar-refractivity contribution is 5.91. The fourth-order valence-corrected chi connectivity index (χ4v) is 11.5. The molecule has 0 N–H and O–H groups in total. The molecule has 0 aromatic heterocycles. The van der Waals surface area contributed by atoms with E-state index in [0.717, 1.165) is 42.5 Å². The second kappa shape index (κ2) is 20.3. The van der Waals surface area contributed by atoms with Crippen molar-refractivity contribution in [3.05, 3.63) is 261 Å². The standard InChI is InChI=1S/C61H34F16N2/c1-3-13-31(63)23-35(67)29-60(28-34(66)22-30(62)4-2)36-14-5-9-18-44(36)78(45-19-10-6-15-37(45)60)58-54(74)50(70)48(51(71)55(58)75)49-52(72)56(76)59(57(77)53(49)73)79-46-20-11-7-16-38(46)61(39-17-8-12-21-47(39)79,40-24-32(64)26-42(40)68)41-25-33(65)27-43(41)69/h1,4-27,40-41H,28-29H2,2H3/b30-4+,31-13+,34-22+,35-23+. The lowest BCUT2D eigenvalue weighted by Gasteiger charge is -2.50. The Balaban J connectivity index is 1.16. The maximum Gasteiger partial charge on any atom is 0.186 e. The molecule has 2 nitrogen and oxygen atoms in total. The van der Waals surface area contributed by atoms with Gasteiger partial charge in [0.1, 0.15) is 58.0 Å². The van der Waals surface area contributed by atoms with Crippen LogP contribution in [0.25, 0.3) is 11.1 Å². The van der Waals surface area contributed by atoms with E-state index in [1.54, 1.807) is 0 Å². The molecular formula is C61H34F16N2. The van der Waals surface area contributed by atoms with Crippen LogP contribution in [0.3, 0.4) is 0 Å². The number of hydrogen-bond acceptors (Lipinski definition) is 2. The Morgan fingerprint density at radius 1 is 0.481 bits per heavy atom. The topological polar surface area (TPSA) is 6.48 Å². The van der Waals surface area contributed by atoms with Crippen LogP contribution in [0, 0.1) is 70.7 Å². The molecule has 400 valence electrons. The molecular weight excluding hydrogens is 1060 g/mol. The summed E-state index contributed by atoms with van der Waals surface area (Å²) in [4.78, 5) is 1.12. The highest BCUT2D eigenvalue weighted by Gasteiger charge is 2.58. The average Bonchev–Trinajstić information content (AvgIpc) is 2.72. The molecule has 0 bridgehead atoms. The molecule has 0 saturated carbocycles. The summed E-state index contributed by atoms with van der Waals surface area (Å²) in [6.07, 6.45) is 8.03. The minimum atomic E-state index is -2.61. The van der Waals surface area contributed by atoms with E-state index in [2.05, 4.69) is 0 Å². The van der Waals surface area contributed by atoms with E-state index in [9.17, 15) is 8.78 Å². The van der Waals surface area contributed by atoms with E-state index >= 15 is 61.5 Å². The predicted octanol–water partition coefficient (Wildman–Crippen LogP) is 19.1. The lowest BCUT2D eigenvalue weighted by molar-refractivity contribution is 0.290. The first-order valence-electron chi connectivity index (χ1n) is 23.8. The van der Waals surface area contributed by atoms with Crippen molar-refractivity contribution in [2.45, 2.75) is 30.6 Å². The molecule has 10 rings (SSSR count). The van der Waals surface area contributed by atoms with Gasteiger partial charge < -0.3 is 9.80 Å². The van der Waals surface area contributed by atoms with Crippen LogP contribution in [-0.4, -0.2) is 0 Å². The third kappa shape index (κ3) is 8.31. The lowest BCUT2D eigenvalue weighted by atomic mass is 9.56. The van der Waals surface area contributed by atoms with Gasteiger partial charge in [-0.15, -0.1) is 6.42 Å². The van der Waals surface area contributed by atoms with E-state index in [1.165, 1.54) is 79.7 Å². The van der Waals surface area contributed by atoms with Crippen molar-refractivity contribution in [1.29, 1.82) is 0 Å². The number of terminal acetylenes is 1.